The zero-order valence-electron chi connectivity index (χ0n) is 16.9. The zero-order chi connectivity index (χ0) is 20.3. The van der Waals surface area contributed by atoms with Gasteiger partial charge in [-0.25, -0.2) is 4.98 Å². The number of rotatable bonds is 6. The number of hydrogen-bond donors (Lipinski definition) is 1. The second-order valence-electron chi connectivity index (χ2n) is 6.74. The van der Waals surface area contributed by atoms with Gasteiger partial charge in [-0.1, -0.05) is 12.1 Å². The number of amides is 1. The van der Waals surface area contributed by atoms with E-state index in [2.05, 4.69) is 10.3 Å². The Balaban J connectivity index is 2.40. The molecule has 2 aromatic carbocycles. The number of hydrogen-bond acceptors (Lipinski definition) is 5. The molecule has 1 heterocycles. The predicted octanol–water partition coefficient (Wildman–Crippen LogP) is 3.34. The maximum Gasteiger partial charge on any atom is 0.270 e. The van der Waals surface area contributed by atoms with E-state index >= 15 is 0 Å². The van der Waals surface area contributed by atoms with Gasteiger partial charge in [-0.2, -0.15) is 0 Å². The van der Waals surface area contributed by atoms with E-state index in [1.54, 1.807) is 21.3 Å². The van der Waals surface area contributed by atoms with Crippen molar-refractivity contribution in [3.8, 4) is 22.6 Å². The third-order valence-corrected chi connectivity index (χ3v) is 4.59. The summed E-state index contributed by atoms with van der Waals surface area (Å²) in [5.74, 6) is 1.32. The molecule has 1 N–H and O–H groups in total. The summed E-state index contributed by atoms with van der Waals surface area (Å²) in [4.78, 5) is 19.3. The lowest BCUT2D eigenvalue weighted by molar-refractivity contribution is 0.0957. The molecule has 0 saturated carbocycles. The number of nitrogens with zero attached hydrogens (tertiary/aromatic N) is 2. The van der Waals surface area contributed by atoms with Crippen LogP contribution in [0.4, 0.5) is 0 Å². The molecule has 6 heteroatoms. The fraction of sp³-hybridized carbons (Fsp3) is 0.273. The Labute approximate surface area is 165 Å². The topological polar surface area (TPSA) is 63.7 Å². The lowest BCUT2D eigenvalue weighted by Gasteiger charge is -2.20. The number of methoxy groups -OCH3 is 2. The first-order valence-electron chi connectivity index (χ1n) is 9.00. The molecule has 1 aromatic heterocycles. The summed E-state index contributed by atoms with van der Waals surface area (Å²) in [6.45, 7) is 0.574. The van der Waals surface area contributed by atoms with Gasteiger partial charge in [0, 0.05) is 24.5 Å². The van der Waals surface area contributed by atoms with Gasteiger partial charge in [-0.3, -0.25) is 4.79 Å². The van der Waals surface area contributed by atoms with Gasteiger partial charge in [0.15, 0.2) is 0 Å². The third kappa shape index (κ3) is 3.77. The van der Waals surface area contributed by atoms with Gasteiger partial charge in [0.25, 0.3) is 5.91 Å². The monoisotopic (exact) mass is 379 g/mol. The number of carbonyl (C=O) groups excluding carboxylic acids is 1. The second-order valence-corrected chi connectivity index (χ2v) is 6.74. The SMILES string of the molecule is CNC(=O)c1nc2ccc(OC)cc2c(-c2ccc(OC)cc2)c1CN(C)C. The molecule has 0 aliphatic heterocycles. The Hall–Kier alpha value is -3.12. The van der Waals surface area contributed by atoms with E-state index in [1.165, 1.54) is 0 Å². The fourth-order valence-corrected chi connectivity index (χ4v) is 3.27. The van der Waals surface area contributed by atoms with Crippen molar-refractivity contribution in [3.63, 3.8) is 0 Å². The highest BCUT2D eigenvalue weighted by Gasteiger charge is 2.21. The van der Waals surface area contributed by atoms with Crippen LogP contribution in [-0.4, -0.2) is 51.2 Å². The van der Waals surface area contributed by atoms with E-state index in [0.717, 1.165) is 39.1 Å². The average Bonchev–Trinajstić information content (AvgIpc) is 2.72. The van der Waals surface area contributed by atoms with Crippen LogP contribution < -0.4 is 14.8 Å². The summed E-state index contributed by atoms with van der Waals surface area (Å²) in [5.41, 5.74) is 4.00. The van der Waals surface area contributed by atoms with E-state index in [0.29, 0.717) is 12.2 Å². The van der Waals surface area contributed by atoms with Crippen molar-refractivity contribution in [3.05, 3.63) is 53.7 Å². The number of nitrogens with one attached hydrogen (secondary N) is 1. The molecule has 3 aromatic rings. The number of fused-ring (bicyclic) bond motifs is 1. The Morgan fingerprint density at radius 2 is 1.68 bits per heavy atom. The smallest absolute Gasteiger partial charge is 0.270 e. The van der Waals surface area contributed by atoms with Crippen LogP contribution in [0.25, 0.3) is 22.0 Å². The minimum atomic E-state index is -0.204. The van der Waals surface area contributed by atoms with Crippen molar-refractivity contribution in [2.24, 2.45) is 0 Å². The van der Waals surface area contributed by atoms with Crippen molar-refractivity contribution in [1.82, 2.24) is 15.2 Å². The lowest BCUT2D eigenvalue weighted by atomic mass is 9.93. The molecule has 0 atom stereocenters. The van der Waals surface area contributed by atoms with Crippen LogP contribution in [0.5, 0.6) is 11.5 Å². The van der Waals surface area contributed by atoms with Gasteiger partial charge in [-0.15, -0.1) is 0 Å². The summed E-state index contributed by atoms with van der Waals surface area (Å²) < 4.78 is 10.7. The van der Waals surface area contributed by atoms with Crippen LogP contribution in [0.2, 0.25) is 0 Å². The van der Waals surface area contributed by atoms with Crippen LogP contribution in [0.3, 0.4) is 0 Å². The van der Waals surface area contributed by atoms with Crippen LogP contribution >= 0.6 is 0 Å². The predicted molar refractivity (Wildman–Crippen MR) is 111 cm³/mol. The summed E-state index contributed by atoms with van der Waals surface area (Å²) in [5, 5.41) is 3.65. The molecule has 1 amide bonds. The van der Waals surface area contributed by atoms with Gasteiger partial charge >= 0.3 is 0 Å². The second kappa shape index (κ2) is 8.27. The molecule has 0 radical (unpaired) electrons. The summed E-state index contributed by atoms with van der Waals surface area (Å²) in [7, 11) is 8.85. The first kappa shape index (κ1) is 19.6. The highest BCUT2D eigenvalue weighted by molar-refractivity contribution is 6.04. The molecule has 146 valence electrons. The van der Waals surface area contributed by atoms with Crippen LogP contribution in [0.1, 0.15) is 16.1 Å². The first-order valence-corrected chi connectivity index (χ1v) is 9.00. The highest BCUT2D eigenvalue weighted by Crippen LogP contribution is 2.36. The van der Waals surface area contributed by atoms with Gasteiger partial charge < -0.3 is 19.7 Å². The van der Waals surface area contributed by atoms with E-state index in [-0.39, 0.29) is 5.91 Å². The summed E-state index contributed by atoms with van der Waals surface area (Å²) in [6, 6.07) is 13.5. The summed E-state index contributed by atoms with van der Waals surface area (Å²) >= 11 is 0. The van der Waals surface area contributed by atoms with Gasteiger partial charge in [0.05, 0.1) is 19.7 Å². The maximum absolute atomic E-state index is 12.6. The standard InChI is InChI=1S/C22H25N3O3/c1-23-22(26)21-18(13-25(2)3)20(14-6-8-15(27-4)9-7-14)17-12-16(28-5)10-11-19(17)24-21/h6-12H,13H2,1-5H3,(H,23,26). The zero-order valence-corrected chi connectivity index (χ0v) is 16.9. The van der Waals surface area contributed by atoms with Crippen LogP contribution in [-0.2, 0) is 6.54 Å². The number of carbonyl (C=O) groups is 1. The van der Waals surface area contributed by atoms with Crippen LogP contribution in [0, 0.1) is 0 Å². The van der Waals surface area contributed by atoms with Gasteiger partial charge in [-0.05, 0) is 55.6 Å². The molecule has 0 spiro atoms. The lowest BCUT2D eigenvalue weighted by Crippen LogP contribution is -2.24. The van der Waals surface area contributed by atoms with E-state index < -0.39 is 0 Å². The van der Waals surface area contributed by atoms with Crippen molar-refractivity contribution in [2.75, 3.05) is 35.4 Å². The Kier molecular flexibility index (Phi) is 5.80. The van der Waals surface area contributed by atoms with E-state index in [4.69, 9.17) is 9.47 Å². The molecule has 0 fully saturated rings. The number of benzene rings is 2. The molecule has 28 heavy (non-hydrogen) atoms. The van der Waals surface area contributed by atoms with E-state index in [9.17, 15) is 4.79 Å². The molecule has 3 rings (SSSR count). The molecule has 6 nitrogen and oxygen atoms in total. The van der Waals surface area contributed by atoms with Gasteiger partial charge in [0.2, 0.25) is 0 Å². The molecule has 0 aliphatic rings. The average molecular weight is 379 g/mol. The molecule has 0 bridgehead atoms. The molecule has 0 unspecified atom stereocenters. The minimum absolute atomic E-state index is 0.204. The Morgan fingerprint density at radius 1 is 1.04 bits per heavy atom. The Morgan fingerprint density at radius 3 is 2.25 bits per heavy atom. The highest BCUT2D eigenvalue weighted by atomic mass is 16.5. The maximum atomic E-state index is 12.6. The van der Waals surface area contributed by atoms with Crippen molar-refractivity contribution in [2.45, 2.75) is 6.54 Å². The minimum Gasteiger partial charge on any atom is -0.497 e. The number of pyridine rings is 1. The van der Waals surface area contributed by atoms with Gasteiger partial charge in [0.1, 0.15) is 17.2 Å². The van der Waals surface area contributed by atoms with Crippen LogP contribution in [0.15, 0.2) is 42.5 Å². The first-order chi connectivity index (χ1) is 13.5. The van der Waals surface area contributed by atoms with Crippen molar-refractivity contribution >= 4 is 16.8 Å². The number of aromatic nitrogens is 1. The molecule has 0 aliphatic carbocycles. The van der Waals surface area contributed by atoms with Crippen molar-refractivity contribution in [1.29, 1.82) is 0 Å². The normalized spacial score (nSPS) is 10.9. The van der Waals surface area contributed by atoms with E-state index in [1.807, 2.05) is 61.5 Å². The molecular formula is C22H25N3O3. The Bertz CT molecular complexity index is 998. The fourth-order valence-electron chi connectivity index (χ4n) is 3.27. The van der Waals surface area contributed by atoms with Crippen molar-refractivity contribution < 1.29 is 14.3 Å². The molecular weight excluding hydrogens is 354 g/mol. The molecule has 0 saturated heterocycles. The quantitative estimate of drug-likeness (QED) is 0.712. The third-order valence-electron chi connectivity index (χ3n) is 4.59. The summed E-state index contributed by atoms with van der Waals surface area (Å²) in [6.07, 6.45) is 0. The number of ether oxygens (including phenoxy) is 2. The largest absolute Gasteiger partial charge is 0.497 e.